The quantitative estimate of drug-likeness (QED) is 0.420. The Morgan fingerprint density at radius 3 is 2.07 bits per heavy atom. The molecule has 1 heterocycles. The van der Waals surface area contributed by atoms with Crippen molar-refractivity contribution in [3.8, 4) is 0 Å². The molecular formula is C29H44N4O7S. The first-order valence-electron chi connectivity index (χ1n) is 14.0. The molecule has 2 unspecified atom stereocenters. The lowest BCUT2D eigenvalue weighted by atomic mass is 9.84. The summed E-state index contributed by atoms with van der Waals surface area (Å²) in [5.41, 5.74) is -2.84. The minimum atomic E-state index is -4.13. The van der Waals surface area contributed by atoms with E-state index in [-0.39, 0.29) is 29.6 Å². The van der Waals surface area contributed by atoms with Gasteiger partial charge in [0.25, 0.3) is 15.9 Å². The zero-order valence-corrected chi connectivity index (χ0v) is 26.1. The van der Waals surface area contributed by atoms with Crippen molar-refractivity contribution in [1.82, 2.24) is 20.3 Å². The van der Waals surface area contributed by atoms with Crippen molar-refractivity contribution in [2.24, 2.45) is 17.3 Å². The number of nitrogens with zero attached hydrogens (tertiary/aromatic N) is 1. The summed E-state index contributed by atoms with van der Waals surface area (Å²) < 4.78 is 33.0. The summed E-state index contributed by atoms with van der Waals surface area (Å²) in [6, 6.07) is 5.63. The molecule has 0 radical (unpaired) electrons. The second-order valence-electron chi connectivity index (χ2n) is 13.4. The molecule has 41 heavy (non-hydrogen) atoms. The number of rotatable bonds is 8. The van der Waals surface area contributed by atoms with Gasteiger partial charge in [0, 0.05) is 6.54 Å². The third kappa shape index (κ3) is 7.78. The van der Waals surface area contributed by atoms with Gasteiger partial charge in [0.05, 0.1) is 4.90 Å². The lowest BCUT2D eigenvalue weighted by Gasteiger charge is -2.37. The average molecular weight is 593 g/mol. The summed E-state index contributed by atoms with van der Waals surface area (Å²) >= 11 is 0. The summed E-state index contributed by atoms with van der Waals surface area (Å²) in [6.45, 7) is 14.8. The van der Waals surface area contributed by atoms with E-state index in [2.05, 4.69) is 15.4 Å². The van der Waals surface area contributed by atoms with Gasteiger partial charge in [0.15, 0.2) is 0 Å². The van der Waals surface area contributed by atoms with E-state index in [1.807, 2.05) is 34.6 Å². The molecule has 3 N–H and O–H groups in total. The number of ether oxygens (including phenoxy) is 1. The molecule has 1 saturated carbocycles. The normalized spacial score (nSPS) is 21.1. The van der Waals surface area contributed by atoms with Gasteiger partial charge in [-0.25, -0.2) is 17.9 Å². The molecule has 2 fully saturated rings. The van der Waals surface area contributed by atoms with Crippen LogP contribution < -0.4 is 15.4 Å². The molecule has 0 bridgehead atoms. The number of hydrogen-bond acceptors (Lipinski definition) is 7. The van der Waals surface area contributed by atoms with E-state index in [0.29, 0.717) is 13.0 Å². The second kappa shape index (κ2) is 11.6. The number of nitrogens with one attached hydrogen (secondary N) is 3. The van der Waals surface area contributed by atoms with Crippen molar-refractivity contribution in [3.63, 3.8) is 0 Å². The van der Waals surface area contributed by atoms with Crippen molar-refractivity contribution in [2.75, 3.05) is 6.54 Å². The molecule has 3 atom stereocenters. The van der Waals surface area contributed by atoms with Crippen LogP contribution in [-0.2, 0) is 29.1 Å². The average Bonchev–Trinajstić information content (AvgIpc) is 3.47. The molecule has 0 spiro atoms. The molecule has 1 saturated heterocycles. The molecule has 12 heteroatoms. The van der Waals surface area contributed by atoms with Crippen LogP contribution >= 0.6 is 0 Å². The third-order valence-electron chi connectivity index (χ3n) is 7.45. The third-order valence-corrected chi connectivity index (χ3v) is 8.80. The maximum Gasteiger partial charge on any atom is 0.408 e. The van der Waals surface area contributed by atoms with E-state index in [0.717, 1.165) is 0 Å². The number of benzene rings is 1. The second-order valence-corrected chi connectivity index (χ2v) is 15.1. The van der Waals surface area contributed by atoms with Crippen LogP contribution in [0.25, 0.3) is 0 Å². The van der Waals surface area contributed by atoms with Crippen molar-refractivity contribution < 1.29 is 32.3 Å². The van der Waals surface area contributed by atoms with Gasteiger partial charge in [-0.15, -0.1) is 0 Å². The fraction of sp³-hybridized carbons (Fsp3) is 0.655. The van der Waals surface area contributed by atoms with Crippen LogP contribution in [0.1, 0.15) is 74.7 Å². The molecule has 1 aromatic carbocycles. The molecule has 1 aliphatic carbocycles. The van der Waals surface area contributed by atoms with Crippen molar-refractivity contribution >= 4 is 33.8 Å². The zero-order valence-electron chi connectivity index (χ0n) is 25.2. The van der Waals surface area contributed by atoms with Crippen LogP contribution in [0.2, 0.25) is 0 Å². The molecule has 228 valence electrons. The highest BCUT2D eigenvalue weighted by Gasteiger charge is 2.55. The zero-order chi connectivity index (χ0) is 31.0. The van der Waals surface area contributed by atoms with E-state index in [1.165, 1.54) is 17.0 Å². The molecule has 4 amide bonds. The first kappa shape index (κ1) is 32.4. The van der Waals surface area contributed by atoms with Crippen LogP contribution in [-0.4, -0.2) is 66.9 Å². The Morgan fingerprint density at radius 1 is 1.00 bits per heavy atom. The Hall–Kier alpha value is -3.15. The maximum absolute atomic E-state index is 14.0. The monoisotopic (exact) mass is 592 g/mol. The fourth-order valence-corrected chi connectivity index (χ4v) is 6.13. The number of carbonyl (C=O) groups is 4. The maximum atomic E-state index is 14.0. The van der Waals surface area contributed by atoms with E-state index in [4.69, 9.17) is 4.74 Å². The number of sulfonamides is 1. The Morgan fingerprint density at radius 2 is 1.59 bits per heavy atom. The molecule has 11 nitrogen and oxygen atoms in total. The van der Waals surface area contributed by atoms with Gasteiger partial charge in [0.1, 0.15) is 23.2 Å². The van der Waals surface area contributed by atoms with Gasteiger partial charge in [-0.05, 0) is 69.4 Å². The van der Waals surface area contributed by atoms with Crippen molar-refractivity contribution in [1.29, 1.82) is 0 Å². The lowest BCUT2D eigenvalue weighted by Crippen LogP contribution is -2.61. The summed E-state index contributed by atoms with van der Waals surface area (Å²) in [5.74, 6) is -1.92. The number of alkyl carbamates (subject to hydrolysis) is 1. The highest BCUT2D eigenvalue weighted by Crippen LogP contribution is 2.39. The van der Waals surface area contributed by atoms with Crippen LogP contribution in [0.4, 0.5) is 4.79 Å². The van der Waals surface area contributed by atoms with E-state index >= 15 is 0 Å². The fourth-order valence-electron chi connectivity index (χ4n) is 5.06. The first-order chi connectivity index (χ1) is 18.8. The Balaban J connectivity index is 1.82. The van der Waals surface area contributed by atoms with Crippen LogP contribution in [0.5, 0.6) is 0 Å². The molecule has 0 aromatic heterocycles. The molecular weight excluding hydrogens is 548 g/mol. The summed E-state index contributed by atoms with van der Waals surface area (Å²) in [7, 11) is -4.13. The van der Waals surface area contributed by atoms with Gasteiger partial charge in [-0.1, -0.05) is 52.8 Å². The largest absolute Gasteiger partial charge is 0.444 e. The summed E-state index contributed by atoms with van der Waals surface area (Å²) in [4.78, 5) is 54.9. The predicted molar refractivity (Wildman–Crippen MR) is 153 cm³/mol. The SMILES string of the molecule is CC(C)C1CCN(C(=O)[C@@H](NC(=O)OC(C)(C)C)C(C)(C)C)C1C(=O)NC1(C(=O)NS(=O)(=O)c2ccccc2)CC1. The summed E-state index contributed by atoms with van der Waals surface area (Å²) in [6.07, 6.45) is 0.367. The number of likely N-dealkylation sites (tertiary alicyclic amines) is 1. The Kier molecular flexibility index (Phi) is 9.17. The van der Waals surface area contributed by atoms with E-state index in [1.54, 1.807) is 39.0 Å². The topological polar surface area (TPSA) is 151 Å². The smallest absolute Gasteiger partial charge is 0.408 e. The Bertz CT molecular complexity index is 1260. The van der Waals surface area contributed by atoms with Crippen molar-refractivity contribution in [3.05, 3.63) is 30.3 Å². The van der Waals surface area contributed by atoms with Crippen molar-refractivity contribution in [2.45, 2.75) is 103 Å². The minimum absolute atomic E-state index is 0.0397. The van der Waals surface area contributed by atoms with Crippen LogP contribution in [0.15, 0.2) is 35.2 Å². The molecule has 1 aromatic rings. The van der Waals surface area contributed by atoms with E-state index < -0.39 is 62.5 Å². The van der Waals surface area contributed by atoms with Gasteiger partial charge >= 0.3 is 6.09 Å². The highest BCUT2D eigenvalue weighted by atomic mass is 32.2. The lowest BCUT2D eigenvalue weighted by molar-refractivity contribution is -0.144. The first-order valence-corrected chi connectivity index (χ1v) is 15.5. The van der Waals surface area contributed by atoms with E-state index in [9.17, 15) is 27.6 Å². The van der Waals surface area contributed by atoms with Crippen LogP contribution in [0, 0.1) is 17.3 Å². The van der Waals surface area contributed by atoms with Crippen LogP contribution in [0.3, 0.4) is 0 Å². The number of amides is 4. The van der Waals surface area contributed by atoms with Gasteiger partial charge in [0.2, 0.25) is 11.8 Å². The number of hydrogen-bond donors (Lipinski definition) is 3. The molecule has 2 aliphatic rings. The number of carbonyl (C=O) groups excluding carboxylic acids is 4. The predicted octanol–water partition coefficient (Wildman–Crippen LogP) is 2.95. The summed E-state index contributed by atoms with van der Waals surface area (Å²) in [5, 5.41) is 5.48. The van der Waals surface area contributed by atoms with Gasteiger partial charge in [-0.2, -0.15) is 0 Å². The minimum Gasteiger partial charge on any atom is -0.444 e. The standard InChI is InChI=1S/C29H44N4O7S/c1-18(2)20-14-17-33(24(35)22(27(3,4)5)30-26(37)40-28(6,7)8)21(20)23(34)31-29(15-16-29)25(36)32-41(38,39)19-12-10-9-11-13-19/h9-13,18,20-22H,14-17H2,1-8H3,(H,30,37)(H,31,34)(H,32,36)/t20?,21?,22-/m1/s1. The van der Waals surface area contributed by atoms with Gasteiger partial charge in [-0.3, -0.25) is 14.4 Å². The van der Waals surface area contributed by atoms with Gasteiger partial charge < -0.3 is 20.3 Å². The highest BCUT2D eigenvalue weighted by molar-refractivity contribution is 7.90. The molecule has 1 aliphatic heterocycles. The Labute approximate surface area is 243 Å². The molecule has 3 rings (SSSR count).